The number of fused-ring (bicyclic) bond motifs is 1. The first-order valence-corrected chi connectivity index (χ1v) is 7.79. The SMILES string of the molecule is N#Cc1cccc(C(=O)N[C@H]2CCSc3ccccc32)c1. The Morgan fingerprint density at radius 1 is 1.24 bits per heavy atom. The number of nitriles is 1. The lowest BCUT2D eigenvalue weighted by atomic mass is 10.0. The molecule has 0 aromatic heterocycles. The summed E-state index contributed by atoms with van der Waals surface area (Å²) in [4.78, 5) is 13.6. The summed E-state index contributed by atoms with van der Waals surface area (Å²) in [7, 11) is 0. The van der Waals surface area contributed by atoms with Gasteiger partial charge in [0, 0.05) is 16.2 Å². The molecule has 3 rings (SSSR count). The largest absolute Gasteiger partial charge is 0.345 e. The number of thioether (sulfide) groups is 1. The summed E-state index contributed by atoms with van der Waals surface area (Å²) in [5.41, 5.74) is 2.21. The van der Waals surface area contributed by atoms with Gasteiger partial charge in [0.2, 0.25) is 0 Å². The number of hydrogen-bond acceptors (Lipinski definition) is 3. The second-order valence-corrected chi connectivity index (χ2v) is 6.03. The van der Waals surface area contributed by atoms with Crippen LogP contribution in [0.5, 0.6) is 0 Å². The summed E-state index contributed by atoms with van der Waals surface area (Å²) in [6.07, 6.45) is 0.922. The first-order chi connectivity index (χ1) is 10.3. The Hall–Kier alpha value is -2.25. The Morgan fingerprint density at radius 3 is 2.95 bits per heavy atom. The average molecular weight is 294 g/mol. The van der Waals surface area contributed by atoms with Crippen molar-refractivity contribution in [1.29, 1.82) is 5.26 Å². The Balaban J connectivity index is 1.81. The van der Waals surface area contributed by atoms with Crippen LogP contribution in [0.2, 0.25) is 0 Å². The number of benzene rings is 2. The van der Waals surface area contributed by atoms with Gasteiger partial charge >= 0.3 is 0 Å². The molecule has 0 aliphatic carbocycles. The van der Waals surface area contributed by atoms with Crippen LogP contribution in [0, 0.1) is 11.3 Å². The quantitative estimate of drug-likeness (QED) is 0.922. The van der Waals surface area contributed by atoms with Gasteiger partial charge in [0.15, 0.2) is 0 Å². The Labute approximate surface area is 128 Å². The van der Waals surface area contributed by atoms with E-state index < -0.39 is 0 Å². The molecule has 21 heavy (non-hydrogen) atoms. The van der Waals surface area contributed by atoms with Gasteiger partial charge in [0.1, 0.15) is 0 Å². The smallest absolute Gasteiger partial charge is 0.251 e. The Morgan fingerprint density at radius 2 is 2.10 bits per heavy atom. The number of nitrogens with zero attached hydrogens (tertiary/aromatic N) is 1. The van der Waals surface area contributed by atoms with Gasteiger partial charge in [-0.1, -0.05) is 24.3 Å². The summed E-state index contributed by atoms with van der Waals surface area (Å²) < 4.78 is 0. The molecule has 3 nitrogen and oxygen atoms in total. The highest BCUT2D eigenvalue weighted by Gasteiger charge is 2.22. The van der Waals surface area contributed by atoms with Crippen molar-refractivity contribution in [3.8, 4) is 6.07 Å². The van der Waals surface area contributed by atoms with Crippen LogP contribution in [0.4, 0.5) is 0 Å². The van der Waals surface area contributed by atoms with Crippen molar-refractivity contribution in [3.63, 3.8) is 0 Å². The van der Waals surface area contributed by atoms with Crippen molar-refractivity contribution in [3.05, 3.63) is 65.2 Å². The zero-order chi connectivity index (χ0) is 14.7. The van der Waals surface area contributed by atoms with E-state index in [1.54, 1.807) is 24.3 Å². The highest BCUT2D eigenvalue weighted by Crippen LogP contribution is 2.35. The molecule has 2 aromatic carbocycles. The Kier molecular flexibility index (Phi) is 3.94. The van der Waals surface area contributed by atoms with Gasteiger partial charge in [-0.3, -0.25) is 4.79 Å². The molecule has 1 atom stereocenters. The summed E-state index contributed by atoms with van der Waals surface area (Å²) in [5, 5.41) is 12.0. The van der Waals surface area contributed by atoms with Crippen LogP contribution in [0.15, 0.2) is 53.4 Å². The van der Waals surface area contributed by atoms with E-state index in [-0.39, 0.29) is 11.9 Å². The molecule has 1 heterocycles. The minimum atomic E-state index is -0.126. The number of amides is 1. The van der Waals surface area contributed by atoms with Crippen molar-refractivity contribution in [1.82, 2.24) is 5.32 Å². The minimum absolute atomic E-state index is 0.0423. The molecule has 1 N–H and O–H groups in total. The normalized spacial score (nSPS) is 16.6. The maximum absolute atomic E-state index is 12.4. The zero-order valence-electron chi connectivity index (χ0n) is 11.4. The molecule has 1 aliphatic heterocycles. The van der Waals surface area contributed by atoms with Crippen LogP contribution in [0.25, 0.3) is 0 Å². The second-order valence-electron chi connectivity index (χ2n) is 4.89. The maximum atomic E-state index is 12.4. The average Bonchev–Trinajstić information content (AvgIpc) is 2.55. The summed E-state index contributed by atoms with van der Waals surface area (Å²) >= 11 is 1.83. The first-order valence-electron chi connectivity index (χ1n) is 6.80. The van der Waals surface area contributed by atoms with Crippen LogP contribution in [-0.2, 0) is 0 Å². The van der Waals surface area contributed by atoms with Gasteiger partial charge in [-0.05, 0) is 36.2 Å². The van der Waals surface area contributed by atoms with E-state index in [1.165, 1.54) is 10.5 Å². The van der Waals surface area contributed by atoms with E-state index in [4.69, 9.17) is 5.26 Å². The molecule has 0 fully saturated rings. The molecule has 0 radical (unpaired) electrons. The van der Waals surface area contributed by atoms with Crippen molar-refractivity contribution in [2.45, 2.75) is 17.4 Å². The molecule has 1 aliphatic rings. The second kappa shape index (κ2) is 6.02. The molecule has 4 heteroatoms. The minimum Gasteiger partial charge on any atom is -0.345 e. The molecule has 104 valence electrons. The molecular formula is C17H14N2OS. The van der Waals surface area contributed by atoms with Crippen LogP contribution >= 0.6 is 11.8 Å². The van der Waals surface area contributed by atoms with Gasteiger partial charge in [0.05, 0.1) is 17.7 Å². The molecule has 2 aromatic rings. The molecule has 0 bridgehead atoms. The molecule has 0 saturated heterocycles. The Bertz CT molecular complexity index is 721. The first kappa shape index (κ1) is 13.7. The van der Waals surface area contributed by atoms with E-state index >= 15 is 0 Å². The fraction of sp³-hybridized carbons (Fsp3) is 0.176. The molecule has 0 unspecified atom stereocenters. The van der Waals surface area contributed by atoms with Crippen LogP contribution in [0.1, 0.15) is 33.9 Å². The monoisotopic (exact) mass is 294 g/mol. The number of carbonyl (C=O) groups excluding carboxylic acids is 1. The highest BCUT2D eigenvalue weighted by atomic mass is 32.2. The lowest BCUT2D eigenvalue weighted by Gasteiger charge is -2.25. The van der Waals surface area contributed by atoms with E-state index in [0.29, 0.717) is 11.1 Å². The molecule has 0 saturated carbocycles. The lowest BCUT2D eigenvalue weighted by Crippen LogP contribution is -2.30. The van der Waals surface area contributed by atoms with Crippen molar-refractivity contribution in [2.24, 2.45) is 0 Å². The van der Waals surface area contributed by atoms with E-state index in [2.05, 4.69) is 23.5 Å². The van der Waals surface area contributed by atoms with Gasteiger partial charge in [-0.25, -0.2) is 0 Å². The van der Waals surface area contributed by atoms with Crippen molar-refractivity contribution < 1.29 is 4.79 Å². The number of rotatable bonds is 2. The summed E-state index contributed by atoms with van der Waals surface area (Å²) in [5.74, 6) is 0.874. The summed E-state index contributed by atoms with van der Waals surface area (Å²) in [6, 6.07) is 17.1. The number of carbonyl (C=O) groups is 1. The lowest BCUT2D eigenvalue weighted by molar-refractivity contribution is 0.0935. The van der Waals surface area contributed by atoms with E-state index in [9.17, 15) is 4.79 Å². The fourth-order valence-electron chi connectivity index (χ4n) is 2.46. The molecule has 1 amide bonds. The van der Waals surface area contributed by atoms with Crippen LogP contribution in [-0.4, -0.2) is 11.7 Å². The molecular weight excluding hydrogens is 280 g/mol. The highest BCUT2D eigenvalue weighted by molar-refractivity contribution is 7.99. The van der Waals surface area contributed by atoms with Crippen LogP contribution < -0.4 is 5.32 Å². The van der Waals surface area contributed by atoms with Gasteiger partial charge in [-0.2, -0.15) is 5.26 Å². The number of nitrogens with one attached hydrogen (secondary N) is 1. The van der Waals surface area contributed by atoms with E-state index in [1.807, 2.05) is 23.9 Å². The maximum Gasteiger partial charge on any atom is 0.251 e. The topological polar surface area (TPSA) is 52.9 Å². The third-order valence-electron chi connectivity index (χ3n) is 3.52. The van der Waals surface area contributed by atoms with E-state index in [0.717, 1.165) is 12.2 Å². The fourth-order valence-corrected chi connectivity index (χ4v) is 3.59. The summed E-state index contributed by atoms with van der Waals surface area (Å²) in [6.45, 7) is 0. The predicted octanol–water partition coefficient (Wildman–Crippen LogP) is 3.53. The van der Waals surface area contributed by atoms with Gasteiger partial charge in [-0.15, -0.1) is 11.8 Å². The van der Waals surface area contributed by atoms with Gasteiger partial charge in [0.25, 0.3) is 5.91 Å². The van der Waals surface area contributed by atoms with Crippen LogP contribution in [0.3, 0.4) is 0 Å². The van der Waals surface area contributed by atoms with Crippen molar-refractivity contribution >= 4 is 17.7 Å². The number of hydrogen-bond donors (Lipinski definition) is 1. The molecule has 0 spiro atoms. The third kappa shape index (κ3) is 2.93. The standard InChI is InChI=1S/C17H14N2OS/c18-11-12-4-3-5-13(10-12)17(20)19-15-8-9-21-16-7-2-1-6-14(15)16/h1-7,10,15H,8-9H2,(H,19,20)/t15-/m0/s1. The van der Waals surface area contributed by atoms with Gasteiger partial charge < -0.3 is 5.32 Å². The van der Waals surface area contributed by atoms with Crippen molar-refractivity contribution in [2.75, 3.05) is 5.75 Å². The third-order valence-corrected chi connectivity index (χ3v) is 4.64. The predicted molar refractivity (Wildman–Crippen MR) is 83.1 cm³/mol. The zero-order valence-corrected chi connectivity index (χ0v) is 12.2.